The van der Waals surface area contributed by atoms with Gasteiger partial charge in [0.05, 0.1) is 6.04 Å². The zero-order valence-electron chi connectivity index (χ0n) is 13.9. The topological polar surface area (TPSA) is 69.7 Å². The van der Waals surface area contributed by atoms with Crippen molar-refractivity contribution in [3.63, 3.8) is 0 Å². The lowest BCUT2D eigenvalue weighted by Crippen LogP contribution is -2.54. The van der Waals surface area contributed by atoms with Crippen LogP contribution in [-0.2, 0) is 14.4 Å². The minimum atomic E-state index is -0.228. The predicted molar refractivity (Wildman–Crippen MR) is 83.0 cm³/mol. The molecule has 0 aliphatic carbocycles. The van der Waals surface area contributed by atoms with Crippen LogP contribution in [-0.4, -0.2) is 60.2 Å². The van der Waals surface area contributed by atoms with Crippen LogP contribution in [0.3, 0.4) is 0 Å². The van der Waals surface area contributed by atoms with Crippen molar-refractivity contribution in [2.75, 3.05) is 26.7 Å². The number of amides is 3. The summed E-state index contributed by atoms with van der Waals surface area (Å²) in [5.74, 6) is -0.172. The molecule has 2 heterocycles. The lowest BCUT2D eigenvalue weighted by Gasteiger charge is -2.44. The first-order valence-electron chi connectivity index (χ1n) is 8.22. The molecule has 1 unspecified atom stereocenters. The number of rotatable bonds is 4. The third kappa shape index (κ3) is 3.48. The first-order valence-corrected chi connectivity index (χ1v) is 8.22. The molecule has 1 N–H and O–H groups in total. The summed E-state index contributed by atoms with van der Waals surface area (Å²) >= 11 is 0. The van der Waals surface area contributed by atoms with E-state index in [1.165, 1.54) is 0 Å². The highest BCUT2D eigenvalue weighted by molar-refractivity contribution is 5.98. The van der Waals surface area contributed by atoms with Gasteiger partial charge in [-0.15, -0.1) is 0 Å². The smallest absolute Gasteiger partial charge is 0.239 e. The number of likely N-dealkylation sites (N-methyl/N-ethyl adjacent to an activating group) is 1. The molecule has 0 saturated carbocycles. The normalized spacial score (nSPS) is 22.8. The average Bonchev–Trinajstić information content (AvgIpc) is 2.47. The molecule has 0 aromatic heterocycles. The van der Waals surface area contributed by atoms with Gasteiger partial charge in [-0.1, -0.05) is 13.8 Å². The van der Waals surface area contributed by atoms with Crippen LogP contribution in [0.25, 0.3) is 0 Å². The average molecular weight is 309 g/mol. The zero-order valence-corrected chi connectivity index (χ0v) is 13.9. The molecule has 6 heteroatoms. The van der Waals surface area contributed by atoms with E-state index in [1.807, 2.05) is 25.8 Å². The lowest BCUT2D eigenvalue weighted by atomic mass is 9.71. The maximum Gasteiger partial charge on any atom is 0.239 e. The second-order valence-corrected chi connectivity index (χ2v) is 6.65. The van der Waals surface area contributed by atoms with Gasteiger partial charge in [0, 0.05) is 25.9 Å². The van der Waals surface area contributed by atoms with Crippen molar-refractivity contribution in [2.24, 2.45) is 5.41 Å². The Balaban J connectivity index is 1.98. The molecule has 3 amide bonds. The quantitative estimate of drug-likeness (QED) is 0.779. The van der Waals surface area contributed by atoms with Crippen LogP contribution in [0.4, 0.5) is 0 Å². The van der Waals surface area contributed by atoms with Crippen LogP contribution in [0.15, 0.2) is 0 Å². The molecule has 1 spiro atoms. The maximum atomic E-state index is 12.7. The van der Waals surface area contributed by atoms with Gasteiger partial charge in [0.2, 0.25) is 17.7 Å². The van der Waals surface area contributed by atoms with E-state index >= 15 is 0 Å². The highest BCUT2D eigenvalue weighted by Crippen LogP contribution is 2.40. The fraction of sp³-hybridized carbons (Fsp3) is 0.812. The molecule has 2 aliphatic rings. The molecule has 2 aliphatic heterocycles. The molecule has 2 fully saturated rings. The van der Waals surface area contributed by atoms with E-state index in [1.54, 1.807) is 0 Å². The fourth-order valence-corrected chi connectivity index (χ4v) is 3.65. The van der Waals surface area contributed by atoms with E-state index < -0.39 is 0 Å². The molecule has 2 saturated heterocycles. The predicted octanol–water partition coefficient (Wildman–Crippen LogP) is 0.762. The van der Waals surface area contributed by atoms with Gasteiger partial charge in [-0.3, -0.25) is 24.6 Å². The minimum absolute atomic E-state index is 0.0738. The summed E-state index contributed by atoms with van der Waals surface area (Å²) in [7, 11) is 1.97. The van der Waals surface area contributed by atoms with Gasteiger partial charge in [0.15, 0.2) is 0 Å². The molecule has 0 bridgehead atoms. The highest BCUT2D eigenvalue weighted by Gasteiger charge is 2.43. The highest BCUT2D eigenvalue weighted by atomic mass is 16.2. The summed E-state index contributed by atoms with van der Waals surface area (Å²) in [6, 6.07) is -0.0738. The van der Waals surface area contributed by atoms with Crippen LogP contribution in [0.2, 0.25) is 0 Å². The van der Waals surface area contributed by atoms with E-state index in [0.29, 0.717) is 25.9 Å². The van der Waals surface area contributed by atoms with Crippen molar-refractivity contribution < 1.29 is 14.4 Å². The third-order valence-electron chi connectivity index (χ3n) is 5.19. The van der Waals surface area contributed by atoms with Crippen LogP contribution < -0.4 is 5.32 Å². The van der Waals surface area contributed by atoms with Gasteiger partial charge in [-0.05, 0) is 38.3 Å². The molecule has 1 atom stereocenters. The van der Waals surface area contributed by atoms with E-state index in [-0.39, 0.29) is 29.2 Å². The lowest BCUT2D eigenvalue weighted by molar-refractivity contribution is -0.143. The second kappa shape index (κ2) is 6.77. The molecule has 0 radical (unpaired) electrons. The van der Waals surface area contributed by atoms with E-state index in [0.717, 1.165) is 25.8 Å². The van der Waals surface area contributed by atoms with Crippen molar-refractivity contribution in [1.29, 1.82) is 0 Å². The largest absolute Gasteiger partial charge is 0.341 e. The Morgan fingerprint density at radius 3 is 2.23 bits per heavy atom. The number of likely N-dealkylation sites (tertiary alicyclic amines) is 1. The Hall–Kier alpha value is -1.43. The van der Waals surface area contributed by atoms with Gasteiger partial charge in [0.25, 0.3) is 0 Å². The summed E-state index contributed by atoms with van der Waals surface area (Å²) in [5.41, 5.74) is -0.228. The summed E-state index contributed by atoms with van der Waals surface area (Å²) in [5, 5.41) is 2.37. The molecule has 0 aromatic rings. The minimum Gasteiger partial charge on any atom is -0.341 e. The Morgan fingerprint density at radius 1 is 1.23 bits per heavy atom. The van der Waals surface area contributed by atoms with E-state index in [2.05, 4.69) is 10.2 Å². The van der Waals surface area contributed by atoms with Gasteiger partial charge in [0.1, 0.15) is 0 Å². The molecule has 0 aromatic carbocycles. The molecule has 22 heavy (non-hydrogen) atoms. The maximum absolute atomic E-state index is 12.7. The number of hydrogen-bond donors (Lipinski definition) is 1. The summed E-state index contributed by atoms with van der Waals surface area (Å²) in [6.45, 7) is 6.22. The van der Waals surface area contributed by atoms with E-state index in [9.17, 15) is 14.4 Å². The number of piperidine rings is 2. The van der Waals surface area contributed by atoms with Crippen molar-refractivity contribution in [1.82, 2.24) is 15.1 Å². The number of carbonyl (C=O) groups is 3. The van der Waals surface area contributed by atoms with Gasteiger partial charge < -0.3 is 4.90 Å². The number of hydrogen-bond acceptors (Lipinski definition) is 4. The van der Waals surface area contributed by atoms with Crippen LogP contribution >= 0.6 is 0 Å². The summed E-state index contributed by atoms with van der Waals surface area (Å²) in [4.78, 5) is 39.9. The van der Waals surface area contributed by atoms with Crippen molar-refractivity contribution in [3.8, 4) is 0 Å². The molecular weight excluding hydrogens is 282 g/mol. The number of nitrogens with zero attached hydrogens (tertiary/aromatic N) is 2. The Morgan fingerprint density at radius 2 is 1.77 bits per heavy atom. The van der Waals surface area contributed by atoms with Gasteiger partial charge in [-0.25, -0.2) is 0 Å². The molecule has 2 rings (SSSR count). The van der Waals surface area contributed by atoms with Crippen LogP contribution in [0.1, 0.15) is 46.0 Å². The van der Waals surface area contributed by atoms with Crippen molar-refractivity contribution in [3.05, 3.63) is 0 Å². The third-order valence-corrected chi connectivity index (χ3v) is 5.19. The molecule has 6 nitrogen and oxygen atoms in total. The van der Waals surface area contributed by atoms with Crippen molar-refractivity contribution in [2.45, 2.75) is 52.0 Å². The summed E-state index contributed by atoms with van der Waals surface area (Å²) in [6.07, 6.45) is 3.10. The first-order chi connectivity index (χ1) is 10.4. The van der Waals surface area contributed by atoms with Crippen LogP contribution in [0.5, 0.6) is 0 Å². The monoisotopic (exact) mass is 309 g/mol. The van der Waals surface area contributed by atoms with E-state index in [4.69, 9.17) is 0 Å². The number of nitrogens with one attached hydrogen (secondary N) is 1. The van der Waals surface area contributed by atoms with Crippen molar-refractivity contribution >= 4 is 17.7 Å². The Labute approximate surface area is 132 Å². The molecule has 124 valence electrons. The SMILES string of the molecule is CCC(C(=O)N1CCC2(CC1)CC(=O)NC(=O)C2)N(C)CC. The first kappa shape index (κ1) is 16.9. The molecular formula is C16H27N3O3. The van der Waals surface area contributed by atoms with Gasteiger partial charge >= 0.3 is 0 Å². The summed E-state index contributed by atoms with van der Waals surface area (Å²) < 4.78 is 0. The Bertz CT molecular complexity index is 438. The zero-order chi connectivity index (χ0) is 16.3. The standard InChI is InChI=1S/C16H27N3O3/c1-4-12(18(3)5-2)15(22)19-8-6-16(7-9-19)10-13(20)17-14(21)11-16/h12H,4-11H2,1-3H3,(H,17,20,21). The number of carbonyl (C=O) groups excluding carboxylic acids is 3. The van der Waals surface area contributed by atoms with Crippen LogP contribution in [0, 0.1) is 5.41 Å². The fourth-order valence-electron chi connectivity index (χ4n) is 3.65. The number of imide groups is 1. The Kier molecular flexibility index (Phi) is 5.21. The second-order valence-electron chi connectivity index (χ2n) is 6.65. The van der Waals surface area contributed by atoms with Gasteiger partial charge in [-0.2, -0.15) is 0 Å².